The van der Waals surface area contributed by atoms with E-state index in [0.29, 0.717) is 35.0 Å². The monoisotopic (exact) mass is 379 g/mol. The van der Waals surface area contributed by atoms with Crippen molar-refractivity contribution >= 4 is 22.8 Å². The van der Waals surface area contributed by atoms with Crippen LogP contribution in [0.3, 0.4) is 0 Å². The second kappa shape index (κ2) is 8.21. The Morgan fingerprint density at radius 2 is 1.79 bits per heavy atom. The molecule has 0 unspecified atom stereocenters. The van der Waals surface area contributed by atoms with Gasteiger partial charge in [-0.15, -0.1) is 0 Å². The molecule has 146 valence electrons. The van der Waals surface area contributed by atoms with Crippen LogP contribution in [-0.2, 0) is 0 Å². The summed E-state index contributed by atoms with van der Waals surface area (Å²) in [5, 5.41) is 1.08. The van der Waals surface area contributed by atoms with Gasteiger partial charge in [-0.1, -0.05) is 12.1 Å². The van der Waals surface area contributed by atoms with Crippen LogP contribution < -0.4 is 14.2 Å². The van der Waals surface area contributed by atoms with E-state index in [1.54, 1.807) is 26.4 Å². The van der Waals surface area contributed by atoms with Crippen molar-refractivity contribution in [3.8, 4) is 17.2 Å². The minimum Gasteiger partial charge on any atom is -0.493 e. The van der Waals surface area contributed by atoms with Crippen LogP contribution >= 0.6 is 0 Å². The maximum Gasteiger partial charge on any atom is 0.203 e. The summed E-state index contributed by atoms with van der Waals surface area (Å²) < 4.78 is 16.4. The molecule has 3 aromatic rings. The number of carbonyl (C=O) groups is 1. The van der Waals surface area contributed by atoms with Crippen molar-refractivity contribution in [2.75, 3.05) is 20.8 Å². The van der Waals surface area contributed by atoms with Gasteiger partial charge in [0.25, 0.3) is 0 Å². The maximum absolute atomic E-state index is 13.0. The highest BCUT2D eigenvalue weighted by atomic mass is 16.5. The molecule has 0 spiro atoms. The summed E-state index contributed by atoms with van der Waals surface area (Å²) in [5.74, 6) is 1.35. The van der Waals surface area contributed by atoms with E-state index < -0.39 is 0 Å². The Balaban J connectivity index is 1.99. The van der Waals surface area contributed by atoms with Crippen molar-refractivity contribution in [2.24, 2.45) is 0 Å². The van der Waals surface area contributed by atoms with Crippen molar-refractivity contribution in [1.29, 1.82) is 0 Å². The molecular weight excluding hydrogens is 354 g/mol. The number of H-pyrrole nitrogens is 1. The zero-order valence-corrected chi connectivity index (χ0v) is 16.9. The van der Waals surface area contributed by atoms with Gasteiger partial charge in [-0.3, -0.25) is 4.79 Å². The van der Waals surface area contributed by atoms with Crippen LogP contribution in [0.4, 0.5) is 0 Å². The van der Waals surface area contributed by atoms with E-state index in [0.717, 1.165) is 16.5 Å². The number of aromatic amines is 1. The van der Waals surface area contributed by atoms with Gasteiger partial charge < -0.3 is 19.2 Å². The van der Waals surface area contributed by atoms with E-state index in [4.69, 9.17) is 14.2 Å². The molecule has 0 amide bonds. The molecule has 1 aromatic heterocycles. The lowest BCUT2D eigenvalue weighted by atomic mass is 10.0. The number of fused-ring (bicyclic) bond motifs is 1. The van der Waals surface area contributed by atoms with Crippen molar-refractivity contribution in [1.82, 2.24) is 4.98 Å². The number of nitrogens with one attached hydrogen (secondary N) is 1. The number of methoxy groups -OCH3 is 2. The molecule has 5 nitrogen and oxygen atoms in total. The fourth-order valence-corrected chi connectivity index (χ4v) is 3.21. The Kier molecular flexibility index (Phi) is 5.73. The van der Waals surface area contributed by atoms with Crippen LogP contribution in [0.25, 0.3) is 17.0 Å². The third-order valence-corrected chi connectivity index (χ3v) is 4.61. The van der Waals surface area contributed by atoms with Gasteiger partial charge in [-0.05, 0) is 56.2 Å². The number of Topliss-reactive ketones (excluding diaryl/α,β-unsaturated/α-hetero) is 1. The standard InChI is InChI=1S/C23H25NO4/c1-6-28-23-20(26-4)11-16(12-21(23)27-5)22(25)15(3)10-17-13-24-19-9-14(2)7-8-18(17)19/h7-13,24H,6H2,1-5H3. The third kappa shape index (κ3) is 3.74. The Morgan fingerprint density at radius 3 is 2.39 bits per heavy atom. The Labute approximate surface area is 164 Å². The van der Waals surface area contributed by atoms with Crippen LogP contribution in [0.1, 0.15) is 35.3 Å². The summed E-state index contributed by atoms with van der Waals surface area (Å²) in [7, 11) is 3.09. The number of benzene rings is 2. The van der Waals surface area contributed by atoms with Gasteiger partial charge in [-0.25, -0.2) is 0 Å². The Morgan fingerprint density at radius 1 is 1.11 bits per heavy atom. The number of hydrogen-bond donors (Lipinski definition) is 1. The maximum atomic E-state index is 13.0. The molecule has 1 heterocycles. The average molecular weight is 379 g/mol. The lowest BCUT2D eigenvalue weighted by Gasteiger charge is -2.15. The largest absolute Gasteiger partial charge is 0.493 e. The molecule has 3 rings (SSSR count). The van der Waals surface area contributed by atoms with Gasteiger partial charge in [-0.2, -0.15) is 0 Å². The zero-order chi connectivity index (χ0) is 20.3. The number of ether oxygens (including phenoxy) is 3. The summed E-state index contributed by atoms with van der Waals surface area (Å²) >= 11 is 0. The molecule has 1 N–H and O–H groups in total. The Bertz CT molecular complexity index is 1020. The van der Waals surface area contributed by atoms with E-state index in [9.17, 15) is 4.79 Å². The number of ketones is 1. The normalized spacial score (nSPS) is 11.5. The summed E-state index contributed by atoms with van der Waals surface area (Å²) in [5.41, 5.74) is 4.32. The molecule has 0 fully saturated rings. The van der Waals surface area contributed by atoms with Gasteiger partial charge >= 0.3 is 0 Å². The third-order valence-electron chi connectivity index (χ3n) is 4.61. The van der Waals surface area contributed by atoms with Crippen LogP contribution in [0.5, 0.6) is 17.2 Å². The summed E-state index contributed by atoms with van der Waals surface area (Å²) in [6.07, 6.45) is 3.81. The van der Waals surface area contributed by atoms with E-state index in [-0.39, 0.29) is 5.78 Å². The van der Waals surface area contributed by atoms with Crippen LogP contribution in [0.15, 0.2) is 42.1 Å². The number of allylic oxidation sites excluding steroid dienone is 1. The van der Waals surface area contributed by atoms with E-state index in [2.05, 4.69) is 30.1 Å². The molecule has 0 saturated carbocycles. The van der Waals surface area contributed by atoms with Crippen molar-refractivity contribution < 1.29 is 19.0 Å². The van der Waals surface area contributed by atoms with Gasteiger partial charge in [0.1, 0.15) is 0 Å². The molecule has 0 radical (unpaired) electrons. The zero-order valence-electron chi connectivity index (χ0n) is 16.9. The summed E-state index contributed by atoms with van der Waals surface area (Å²) in [6, 6.07) is 9.59. The smallest absolute Gasteiger partial charge is 0.203 e. The lowest BCUT2D eigenvalue weighted by Crippen LogP contribution is -2.05. The molecule has 0 saturated heterocycles. The minimum atomic E-state index is -0.0962. The van der Waals surface area contributed by atoms with Crippen molar-refractivity contribution in [3.63, 3.8) is 0 Å². The van der Waals surface area contributed by atoms with E-state index in [1.807, 2.05) is 26.1 Å². The lowest BCUT2D eigenvalue weighted by molar-refractivity contribution is 0.103. The summed E-state index contributed by atoms with van der Waals surface area (Å²) in [4.78, 5) is 16.3. The molecule has 0 aliphatic carbocycles. The highest BCUT2D eigenvalue weighted by Crippen LogP contribution is 2.39. The van der Waals surface area contributed by atoms with Gasteiger partial charge in [0.2, 0.25) is 5.75 Å². The van der Waals surface area contributed by atoms with Crippen molar-refractivity contribution in [2.45, 2.75) is 20.8 Å². The fraction of sp³-hybridized carbons (Fsp3) is 0.261. The molecule has 0 bridgehead atoms. The van der Waals surface area contributed by atoms with Crippen LogP contribution in [-0.4, -0.2) is 31.6 Å². The first-order valence-corrected chi connectivity index (χ1v) is 9.18. The number of carbonyl (C=O) groups excluding carboxylic acids is 1. The second-order valence-electron chi connectivity index (χ2n) is 6.59. The molecule has 0 aliphatic rings. The highest BCUT2D eigenvalue weighted by Gasteiger charge is 2.18. The molecular formula is C23H25NO4. The first-order chi connectivity index (χ1) is 13.5. The number of aryl methyl sites for hydroxylation is 1. The molecule has 28 heavy (non-hydrogen) atoms. The number of aromatic nitrogens is 1. The first kappa shape index (κ1) is 19.5. The fourth-order valence-electron chi connectivity index (χ4n) is 3.21. The average Bonchev–Trinajstić information content (AvgIpc) is 3.09. The van der Waals surface area contributed by atoms with Crippen molar-refractivity contribution in [3.05, 3.63) is 58.8 Å². The van der Waals surface area contributed by atoms with Crippen LogP contribution in [0, 0.1) is 6.92 Å². The SMILES string of the molecule is CCOc1c(OC)cc(C(=O)C(C)=Cc2c[nH]c3cc(C)ccc23)cc1OC. The highest BCUT2D eigenvalue weighted by molar-refractivity contribution is 6.12. The topological polar surface area (TPSA) is 60.5 Å². The number of hydrogen-bond acceptors (Lipinski definition) is 4. The number of rotatable bonds is 7. The molecule has 0 atom stereocenters. The van der Waals surface area contributed by atoms with E-state index >= 15 is 0 Å². The molecule has 5 heteroatoms. The van der Waals surface area contributed by atoms with E-state index in [1.165, 1.54) is 5.56 Å². The first-order valence-electron chi connectivity index (χ1n) is 9.18. The minimum absolute atomic E-state index is 0.0962. The van der Waals surface area contributed by atoms with Crippen LogP contribution in [0.2, 0.25) is 0 Å². The van der Waals surface area contributed by atoms with Gasteiger partial charge in [0.15, 0.2) is 17.3 Å². The predicted molar refractivity (Wildman–Crippen MR) is 112 cm³/mol. The molecule has 2 aromatic carbocycles. The second-order valence-corrected chi connectivity index (χ2v) is 6.59. The Hall–Kier alpha value is -3.21. The quantitative estimate of drug-likeness (QED) is 0.454. The predicted octanol–water partition coefficient (Wildman–Crippen LogP) is 5.18. The van der Waals surface area contributed by atoms with Gasteiger partial charge in [0, 0.05) is 28.2 Å². The van der Waals surface area contributed by atoms with Gasteiger partial charge in [0.05, 0.1) is 20.8 Å². The summed E-state index contributed by atoms with van der Waals surface area (Å²) in [6.45, 7) is 6.22. The molecule has 0 aliphatic heterocycles.